The average Bonchev–Trinajstić information content (AvgIpc) is 3.05. The normalized spacial score (nSPS) is 16.7. The molecule has 1 aliphatic rings. The number of ether oxygens (including phenoxy) is 1. The molecule has 124 valence electrons. The molecule has 0 amide bonds. The van der Waals surface area contributed by atoms with E-state index in [0.29, 0.717) is 6.04 Å². The molecule has 1 aliphatic carbocycles. The van der Waals surface area contributed by atoms with Gasteiger partial charge in [-0.15, -0.1) is 0 Å². The van der Waals surface area contributed by atoms with Gasteiger partial charge in [-0.25, -0.2) is 0 Å². The van der Waals surface area contributed by atoms with E-state index < -0.39 is 0 Å². The zero-order valence-corrected chi connectivity index (χ0v) is 13.6. The largest absolute Gasteiger partial charge is 0.469 e. The molecule has 1 fully saturated rings. The van der Waals surface area contributed by atoms with Gasteiger partial charge in [0.1, 0.15) is 5.76 Å². The third-order valence-electron chi connectivity index (χ3n) is 3.97. The molecule has 2 rings (SSSR count). The Morgan fingerprint density at radius 2 is 2.23 bits per heavy atom. The van der Waals surface area contributed by atoms with Gasteiger partial charge in [0.25, 0.3) is 0 Å². The molecule has 0 bridgehead atoms. The molecule has 0 aromatic carbocycles. The summed E-state index contributed by atoms with van der Waals surface area (Å²) in [6.45, 7) is 2.37. The predicted molar refractivity (Wildman–Crippen MR) is 89.2 cm³/mol. The number of aliphatic imine (C=N–C) groups is 1. The van der Waals surface area contributed by atoms with E-state index >= 15 is 0 Å². The Balaban J connectivity index is 1.77. The van der Waals surface area contributed by atoms with Crippen LogP contribution in [0.25, 0.3) is 0 Å². The quantitative estimate of drug-likeness (QED) is 0.440. The lowest BCUT2D eigenvalue weighted by atomic mass is 9.96. The van der Waals surface area contributed by atoms with E-state index in [1.807, 2.05) is 12.1 Å². The van der Waals surface area contributed by atoms with Crippen molar-refractivity contribution in [3.8, 4) is 0 Å². The van der Waals surface area contributed by atoms with Crippen LogP contribution in [0.3, 0.4) is 0 Å². The molecule has 1 aromatic rings. The van der Waals surface area contributed by atoms with Gasteiger partial charge >= 0.3 is 0 Å². The molecule has 1 saturated carbocycles. The molecule has 0 spiro atoms. The fourth-order valence-corrected chi connectivity index (χ4v) is 2.75. The first-order valence-corrected chi connectivity index (χ1v) is 8.44. The van der Waals surface area contributed by atoms with E-state index in [4.69, 9.17) is 9.15 Å². The van der Waals surface area contributed by atoms with Crippen LogP contribution in [0.1, 0.15) is 44.3 Å². The van der Waals surface area contributed by atoms with Crippen molar-refractivity contribution in [1.29, 1.82) is 0 Å². The predicted octanol–water partition coefficient (Wildman–Crippen LogP) is 2.73. The zero-order valence-electron chi connectivity index (χ0n) is 13.6. The summed E-state index contributed by atoms with van der Waals surface area (Å²) in [6, 6.07) is 4.49. The lowest BCUT2D eigenvalue weighted by Crippen LogP contribution is -2.45. The Hall–Kier alpha value is -1.49. The number of methoxy groups -OCH3 is 1. The number of hydrogen-bond donors (Lipinski definition) is 2. The number of nitrogens with one attached hydrogen (secondary N) is 2. The third kappa shape index (κ3) is 6.52. The molecule has 0 saturated heterocycles. The summed E-state index contributed by atoms with van der Waals surface area (Å²) in [4.78, 5) is 4.66. The molecule has 1 heterocycles. The second kappa shape index (κ2) is 10.3. The molecule has 0 unspecified atom stereocenters. The van der Waals surface area contributed by atoms with Gasteiger partial charge in [0.2, 0.25) is 0 Å². The van der Waals surface area contributed by atoms with Gasteiger partial charge in [-0.05, 0) is 31.4 Å². The van der Waals surface area contributed by atoms with Crippen LogP contribution in [0.15, 0.2) is 27.8 Å². The highest BCUT2D eigenvalue weighted by Crippen LogP contribution is 2.17. The van der Waals surface area contributed by atoms with Crippen molar-refractivity contribution in [2.24, 2.45) is 4.99 Å². The van der Waals surface area contributed by atoms with Gasteiger partial charge in [-0.3, -0.25) is 4.99 Å². The Labute approximate surface area is 133 Å². The molecule has 0 atom stereocenters. The van der Waals surface area contributed by atoms with E-state index in [1.165, 1.54) is 32.1 Å². The summed E-state index contributed by atoms with van der Waals surface area (Å²) >= 11 is 0. The minimum absolute atomic E-state index is 0.561. The summed E-state index contributed by atoms with van der Waals surface area (Å²) in [5, 5.41) is 7.00. The summed E-state index contributed by atoms with van der Waals surface area (Å²) in [5.74, 6) is 1.93. The van der Waals surface area contributed by atoms with Crippen LogP contribution in [0.2, 0.25) is 0 Å². The maximum Gasteiger partial charge on any atom is 0.191 e. The fourth-order valence-electron chi connectivity index (χ4n) is 2.75. The minimum Gasteiger partial charge on any atom is -0.469 e. The molecule has 1 aromatic heterocycles. The first kappa shape index (κ1) is 16.9. The lowest BCUT2D eigenvalue weighted by Gasteiger charge is -2.25. The monoisotopic (exact) mass is 307 g/mol. The van der Waals surface area contributed by atoms with Crippen LogP contribution in [0.4, 0.5) is 0 Å². The first-order chi connectivity index (χ1) is 10.9. The number of nitrogens with zero attached hydrogens (tertiary/aromatic N) is 1. The van der Waals surface area contributed by atoms with Crippen molar-refractivity contribution in [1.82, 2.24) is 10.6 Å². The Bertz CT molecular complexity index is 412. The van der Waals surface area contributed by atoms with Gasteiger partial charge in [-0.1, -0.05) is 19.3 Å². The van der Waals surface area contributed by atoms with E-state index in [-0.39, 0.29) is 0 Å². The smallest absolute Gasteiger partial charge is 0.191 e. The van der Waals surface area contributed by atoms with E-state index in [1.54, 1.807) is 13.4 Å². The van der Waals surface area contributed by atoms with Crippen molar-refractivity contribution in [3.63, 3.8) is 0 Å². The summed E-state index contributed by atoms with van der Waals surface area (Å²) in [5.41, 5.74) is 0. The Morgan fingerprint density at radius 3 is 2.95 bits per heavy atom. The highest BCUT2D eigenvalue weighted by Gasteiger charge is 2.14. The number of hydrogen-bond acceptors (Lipinski definition) is 3. The lowest BCUT2D eigenvalue weighted by molar-refractivity contribution is 0.197. The van der Waals surface area contributed by atoms with Crippen molar-refractivity contribution >= 4 is 5.96 Å². The zero-order chi connectivity index (χ0) is 15.5. The SMILES string of the molecule is COCCCN=C(NCCc1ccco1)NC1CCCCC1. The minimum atomic E-state index is 0.561. The van der Waals surface area contributed by atoms with Crippen LogP contribution in [0, 0.1) is 0 Å². The van der Waals surface area contributed by atoms with E-state index in [9.17, 15) is 0 Å². The second-order valence-electron chi connectivity index (χ2n) is 5.81. The van der Waals surface area contributed by atoms with Gasteiger partial charge in [0, 0.05) is 39.3 Å². The standard InChI is InChI=1S/C17H29N3O2/c1-21-13-6-11-18-17(20-15-7-3-2-4-8-15)19-12-10-16-9-5-14-22-16/h5,9,14-15H,2-4,6-8,10-13H2,1H3,(H2,18,19,20). The molecular formula is C17H29N3O2. The van der Waals surface area contributed by atoms with Gasteiger partial charge in [0.15, 0.2) is 5.96 Å². The Kier molecular flexibility index (Phi) is 7.88. The van der Waals surface area contributed by atoms with E-state index in [0.717, 1.165) is 44.3 Å². The number of furan rings is 1. The molecule has 22 heavy (non-hydrogen) atoms. The first-order valence-electron chi connectivity index (χ1n) is 8.44. The van der Waals surface area contributed by atoms with Gasteiger partial charge in [0.05, 0.1) is 6.26 Å². The summed E-state index contributed by atoms with van der Waals surface area (Å²) in [7, 11) is 1.73. The van der Waals surface area contributed by atoms with Gasteiger partial charge < -0.3 is 19.8 Å². The highest BCUT2D eigenvalue weighted by molar-refractivity contribution is 5.80. The molecule has 5 heteroatoms. The van der Waals surface area contributed by atoms with Crippen LogP contribution < -0.4 is 10.6 Å². The van der Waals surface area contributed by atoms with Crippen molar-refractivity contribution in [2.75, 3.05) is 26.8 Å². The maximum absolute atomic E-state index is 5.36. The Morgan fingerprint density at radius 1 is 1.36 bits per heavy atom. The molecule has 0 aliphatic heterocycles. The number of rotatable bonds is 8. The fraction of sp³-hybridized carbons (Fsp3) is 0.706. The van der Waals surface area contributed by atoms with Crippen LogP contribution >= 0.6 is 0 Å². The summed E-state index contributed by atoms with van der Waals surface area (Å²) in [6.07, 6.45) is 10.0. The molecule has 2 N–H and O–H groups in total. The van der Waals surface area contributed by atoms with Gasteiger partial charge in [-0.2, -0.15) is 0 Å². The molecular weight excluding hydrogens is 278 g/mol. The van der Waals surface area contributed by atoms with Crippen LogP contribution in [-0.4, -0.2) is 38.8 Å². The maximum atomic E-state index is 5.36. The molecule has 5 nitrogen and oxygen atoms in total. The summed E-state index contributed by atoms with van der Waals surface area (Å²) < 4.78 is 10.4. The van der Waals surface area contributed by atoms with Crippen molar-refractivity contribution in [2.45, 2.75) is 51.0 Å². The van der Waals surface area contributed by atoms with Crippen LogP contribution in [-0.2, 0) is 11.2 Å². The topological polar surface area (TPSA) is 58.8 Å². The third-order valence-corrected chi connectivity index (χ3v) is 3.97. The van der Waals surface area contributed by atoms with Crippen molar-refractivity contribution < 1.29 is 9.15 Å². The van der Waals surface area contributed by atoms with Crippen LogP contribution in [0.5, 0.6) is 0 Å². The molecule has 0 radical (unpaired) electrons. The van der Waals surface area contributed by atoms with E-state index in [2.05, 4.69) is 15.6 Å². The number of guanidine groups is 1. The average molecular weight is 307 g/mol. The second-order valence-corrected chi connectivity index (χ2v) is 5.81. The van der Waals surface area contributed by atoms with Crippen molar-refractivity contribution in [3.05, 3.63) is 24.2 Å². The highest BCUT2D eigenvalue weighted by atomic mass is 16.5.